The Morgan fingerprint density at radius 2 is 2.29 bits per heavy atom. The molecule has 0 bridgehead atoms. The molecule has 0 aliphatic rings. The number of nitrogens with two attached hydrogens (primary N) is 1. The van der Waals surface area contributed by atoms with Crippen LogP contribution in [0, 0.1) is 0 Å². The number of rotatable bonds is 4. The van der Waals surface area contributed by atoms with Crippen LogP contribution in [-0.4, -0.2) is 11.0 Å². The third-order valence-electron chi connectivity index (χ3n) is 1.76. The zero-order chi connectivity index (χ0) is 10.4. The van der Waals surface area contributed by atoms with Gasteiger partial charge < -0.3 is 10.8 Å². The van der Waals surface area contributed by atoms with E-state index < -0.39 is 0 Å². The SMILES string of the molecule is NC(=O)CC=Cc1cccc(CO)c1. The van der Waals surface area contributed by atoms with E-state index in [1.807, 2.05) is 30.3 Å². The second-order valence-corrected chi connectivity index (χ2v) is 2.98. The van der Waals surface area contributed by atoms with Crippen molar-refractivity contribution < 1.29 is 9.90 Å². The van der Waals surface area contributed by atoms with Crippen LogP contribution in [0.4, 0.5) is 0 Å². The van der Waals surface area contributed by atoms with Crippen LogP contribution in [0.15, 0.2) is 30.3 Å². The smallest absolute Gasteiger partial charge is 0.221 e. The normalized spacial score (nSPS) is 10.6. The topological polar surface area (TPSA) is 63.3 Å². The first-order valence-electron chi connectivity index (χ1n) is 4.37. The first-order chi connectivity index (χ1) is 6.72. The molecule has 3 heteroatoms. The molecule has 0 aliphatic heterocycles. The molecule has 3 nitrogen and oxygen atoms in total. The summed E-state index contributed by atoms with van der Waals surface area (Å²) in [5, 5.41) is 8.88. The summed E-state index contributed by atoms with van der Waals surface area (Å²) in [4.78, 5) is 10.4. The fourth-order valence-electron chi connectivity index (χ4n) is 1.11. The number of carbonyl (C=O) groups is 1. The molecule has 0 aromatic heterocycles. The average molecular weight is 191 g/mol. The quantitative estimate of drug-likeness (QED) is 0.747. The van der Waals surface area contributed by atoms with E-state index in [-0.39, 0.29) is 18.9 Å². The van der Waals surface area contributed by atoms with Crippen LogP contribution in [0.2, 0.25) is 0 Å². The molecule has 0 atom stereocenters. The van der Waals surface area contributed by atoms with Crippen LogP contribution in [0.3, 0.4) is 0 Å². The van der Waals surface area contributed by atoms with E-state index in [4.69, 9.17) is 10.8 Å². The summed E-state index contributed by atoms with van der Waals surface area (Å²) in [5.74, 6) is -0.348. The lowest BCUT2D eigenvalue weighted by Gasteiger charge is -1.97. The minimum atomic E-state index is -0.348. The van der Waals surface area contributed by atoms with Crippen LogP contribution in [0.5, 0.6) is 0 Å². The fraction of sp³-hybridized carbons (Fsp3) is 0.182. The van der Waals surface area contributed by atoms with Gasteiger partial charge in [0.2, 0.25) is 5.91 Å². The lowest BCUT2D eigenvalue weighted by atomic mass is 10.1. The predicted molar refractivity (Wildman–Crippen MR) is 55.2 cm³/mol. The second kappa shape index (κ2) is 5.19. The van der Waals surface area contributed by atoms with Crippen LogP contribution in [-0.2, 0) is 11.4 Å². The summed E-state index contributed by atoms with van der Waals surface area (Å²) in [5.41, 5.74) is 6.79. The predicted octanol–water partition coefficient (Wildman–Crippen LogP) is 1.07. The summed E-state index contributed by atoms with van der Waals surface area (Å²) >= 11 is 0. The van der Waals surface area contributed by atoms with Crippen molar-refractivity contribution in [1.29, 1.82) is 0 Å². The highest BCUT2D eigenvalue weighted by Crippen LogP contribution is 2.07. The Hall–Kier alpha value is -1.61. The van der Waals surface area contributed by atoms with Crippen LogP contribution in [0.25, 0.3) is 6.08 Å². The molecule has 1 amide bonds. The van der Waals surface area contributed by atoms with Gasteiger partial charge in [-0.2, -0.15) is 0 Å². The van der Waals surface area contributed by atoms with Crippen molar-refractivity contribution in [3.63, 3.8) is 0 Å². The summed E-state index contributed by atoms with van der Waals surface area (Å²) in [6, 6.07) is 7.45. The van der Waals surface area contributed by atoms with E-state index in [0.717, 1.165) is 11.1 Å². The molecule has 3 N–H and O–H groups in total. The number of hydrogen-bond acceptors (Lipinski definition) is 2. The van der Waals surface area contributed by atoms with Gasteiger partial charge in [0.1, 0.15) is 0 Å². The van der Waals surface area contributed by atoms with Gasteiger partial charge in [0.25, 0.3) is 0 Å². The second-order valence-electron chi connectivity index (χ2n) is 2.98. The Balaban J connectivity index is 2.66. The summed E-state index contributed by atoms with van der Waals surface area (Å²) in [6.45, 7) is 0.0253. The highest BCUT2D eigenvalue weighted by molar-refractivity contribution is 5.76. The lowest BCUT2D eigenvalue weighted by molar-refractivity contribution is -0.117. The standard InChI is InChI=1S/C11H13NO2/c12-11(14)6-2-4-9-3-1-5-10(7-9)8-13/h1-5,7,13H,6,8H2,(H2,12,14). The minimum absolute atomic E-state index is 0.0253. The van der Waals surface area contributed by atoms with Crippen LogP contribution in [0.1, 0.15) is 17.5 Å². The van der Waals surface area contributed by atoms with Gasteiger partial charge in [0.15, 0.2) is 0 Å². The van der Waals surface area contributed by atoms with Gasteiger partial charge >= 0.3 is 0 Å². The van der Waals surface area contributed by atoms with Gasteiger partial charge in [-0.05, 0) is 17.2 Å². The summed E-state index contributed by atoms with van der Waals surface area (Å²) < 4.78 is 0. The maximum Gasteiger partial charge on any atom is 0.221 e. The van der Waals surface area contributed by atoms with E-state index >= 15 is 0 Å². The van der Waals surface area contributed by atoms with E-state index in [9.17, 15) is 4.79 Å². The highest BCUT2D eigenvalue weighted by atomic mass is 16.3. The van der Waals surface area contributed by atoms with Crippen molar-refractivity contribution in [1.82, 2.24) is 0 Å². The lowest BCUT2D eigenvalue weighted by Crippen LogP contribution is -2.07. The van der Waals surface area contributed by atoms with Crippen molar-refractivity contribution >= 4 is 12.0 Å². The molecular weight excluding hydrogens is 178 g/mol. The van der Waals surface area contributed by atoms with Gasteiger partial charge in [0, 0.05) is 6.42 Å². The van der Waals surface area contributed by atoms with Crippen molar-refractivity contribution in [2.24, 2.45) is 5.73 Å². The zero-order valence-electron chi connectivity index (χ0n) is 7.81. The molecule has 0 aliphatic carbocycles. The molecule has 0 saturated carbocycles. The molecule has 0 unspecified atom stereocenters. The summed E-state index contributed by atoms with van der Waals surface area (Å²) in [7, 11) is 0. The number of primary amides is 1. The Kier molecular flexibility index (Phi) is 3.88. The number of aliphatic hydroxyl groups is 1. The van der Waals surface area contributed by atoms with Crippen molar-refractivity contribution in [2.45, 2.75) is 13.0 Å². The molecule has 1 aromatic rings. The van der Waals surface area contributed by atoms with Crippen molar-refractivity contribution in [3.05, 3.63) is 41.5 Å². The number of carbonyl (C=O) groups excluding carboxylic acids is 1. The monoisotopic (exact) mass is 191 g/mol. The van der Waals surface area contributed by atoms with E-state index in [1.54, 1.807) is 6.08 Å². The van der Waals surface area contributed by atoms with Crippen molar-refractivity contribution in [3.8, 4) is 0 Å². The fourth-order valence-corrected chi connectivity index (χ4v) is 1.11. The molecule has 14 heavy (non-hydrogen) atoms. The maximum atomic E-state index is 10.4. The van der Waals surface area contributed by atoms with E-state index in [0.29, 0.717) is 0 Å². The molecule has 0 heterocycles. The number of amides is 1. The number of aliphatic hydroxyl groups excluding tert-OH is 1. The molecule has 0 spiro atoms. The molecule has 74 valence electrons. The van der Waals surface area contributed by atoms with Gasteiger partial charge in [-0.3, -0.25) is 4.79 Å². The van der Waals surface area contributed by atoms with Gasteiger partial charge in [-0.15, -0.1) is 0 Å². The molecule has 0 saturated heterocycles. The molecule has 1 aromatic carbocycles. The number of hydrogen-bond donors (Lipinski definition) is 2. The Morgan fingerprint density at radius 1 is 1.50 bits per heavy atom. The minimum Gasteiger partial charge on any atom is -0.392 e. The Morgan fingerprint density at radius 3 is 2.93 bits per heavy atom. The van der Waals surface area contributed by atoms with Gasteiger partial charge in [-0.25, -0.2) is 0 Å². The van der Waals surface area contributed by atoms with Crippen LogP contribution >= 0.6 is 0 Å². The van der Waals surface area contributed by atoms with Gasteiger partial charge in [-0.1, -0.05) is 30.4 Å². The Bertz CT molecular complexity index is 345. The molecule has 1 rings (SSSR count). The summed E-state index contributed by atoms with van der Waals surface area (Å²) in [6.07, 6.45) is 3.76. The first-order valence-corrected chi connectivity index (χ1v) is 4.37. The average Bonchev–Trinajstić information content (AvgIpc) is 2.18. The highest BCUT2D eigenvalue weighted by Gasteiger charge is 1.91. The zero-order valence-corrected chi connectivity index (χ0v) is 7.81. The Labute approximate surface area is 82.9 Å². The molecular formula is C11H13NO2. The van der Waals surface area contributed by atoms with Crippen molar-refractivity contribution in [2.75, 3.05) is 0 Å². The van der Waals surface area contributed by atoms with E-state index in [2.05, 4.69) is 0 Å². The molecule has 0 radical (unpaired) electrons. The third kappa shape index (κ3) is 3.41. The first kappa shape index (κ1) is 10.5. The van der Waals surface area contributed by atoms with Crippen LogP contribution < -0.4 is 5.73 Å². The third-order valence-corrected chi connectivity index (χ3v) is 1.76. The largest absolute Gasteiger partial charge is 0.392 e. The van der Waals surface area contributed by atoms with Gasteiger partial charge in [0.05, 0.1) is 6.61 Å². The maximum absolute atomic E-state index is 10.4. The number of benzene rings is 1. The van der Waals surface area contributed by atoms with E-state index in [1.165, 1.54) is 0 Å². The molecule has 0 fully saturated rings.